The van der Waals surface area contributed by atoms with E-state index in [4.69, 9.17) is 16.9 Å². The Morgan fingerprint density at radius 2 is 1.77 bits per heavy atom. The first kappa shape index (κ1) is 19.8. The van der Waals surface area contributed by atoms with Crippen molar-refractivity contribution in [3.05, 3.63) is 64.7 Å². The van der Waals surface area contributed by atoms with E-state index in [9.17, 15) is 13.2 Å². The van der Waals surface area contributed by atoms with Crippen molar-refractivity contribution in [3.63, 3.8) is 0 Å². The molecule has 0 radical (unpaired) electrons. The van der Waals surface area contributed by atoms with E-state index >= 15 is 0 Å². The minimum Gasteiger partial charge on any atom is -0.354 e. The predicted molar refractivity (Wildman–Crippen MR) is 102 cm³/mol. The Balaban J connectivity index is 1.96. The summed E-state index contributed by atoms with van der Waals surface area (Å²) in [4.78, 5) is 12.0. The van der Waals surface area contributed by atoms with Crippen LogP contribution < -0.4 is 9.62 Å². The number of benzene rings is 2. The van der Waals surface area contributed by atoms with E-state index in [1.54, 1.807) is 48.5 Å². The summed E-state index contributed by atoms with van der Waals surface area (Å²) < 4.78 is 25.2. The minimum absolute atomic E-state index is 0.0943. The average molecular weight is 392 g/mol. The molecule has 1 amide bonds. The fraction of sp³-hybridized carbons (Fsp3) is 0.222. The second-order valence-electron chi connectivity index (χ2n) is 5.65. The number of nitrogens with one attached hydrogen (secondary N) is 1. The number of hydrogen-bond donors (Lipinski definition) is 1. The quantitative estimate of drug-likeness (QED) is 0.784. The maximum absolute atomic E-state index is 12.0. The molecule has 136 valence electrons. The molecule has 2 aromatic carbocycles. The lowest BCUT2D eigenvalue weighted by atomic mass is 10.1. The largest absolute Gasteiger partial charge is 0.354 e. The Labute approximate surface area is 158 Å². The van der Waals surface area contributed by atoms with Gasteiger partial charge in [-0.2, -0.15) is 5.26 Å². The van der Waals surface area contributed by atoms with Gasteiger partial charge in [0.05, 0.1) is 36.5 Å². The monoisotopic (exact) mass is 391 g/mol. The van der Waals surface area contributed by atoms with Crippen molar-refractivity contribution in [2.75, 3.05) is 23.7 Å². The molecule has 26 heavy (non-hydrogen) atoms. The number of carbonyl (C=O) groups is 1. The Morgan fingerprint density at radius 3 is 2.31 bits per heavy atom. The first-order valence-electron chi connectivity index (χ1n) is 7.78. The number of anilines is 1. The number of amides is 1. The smallest absolute Gasteiger partial charge is 0.232 e. The Kier molecular flexibility index (Phi) is 6.61. The molecule has 0 aliphatic heterocycles. The van der Waals surface area contributed by atoms with Crippen LogP contribution >= 0.6 is 11.6 Å². The van der Waals surface area contributed by atoms with E-state index < -0.39 is 10.0 Å². The number of nitrogens with zero attached hydrogens (tertiary/aromatic N) is 2. The summed E-state index contributed by atoms with van der Waals surface area (Å²) in [5.41, 5.74) is 1.70. The summed E-state index contributed by atoms with van der Waals surface area (Å²) in [5, 5.41) is 12.1. The van der Waals surface area contributed by atoms with E-state index in [2.05, 4.69) is 5.32 Å². The van der Waals surface area contributed by atoms with Crippen LogP contribution in [0.2, 0.25) is 5.02 Å². The topological polar surface area (TPSA) is 90.3 Å². The molecule has 8 heteroatoms. The highest BCUT2D eigenvalue weighted by atomic mass is 35.5. The van der Waals surface area contributed by atoms with Gasteiger partial charge in [0, 0.05) is 11.6 Å². The Hall–Kier alpha value is -2.56. The van der Waals surface area contributed by atoms with Crippen molar-refractivity contribution in [2.45, 2.75) is 6.42 Å². The van der Waals surface area contributed by atoms with Gasteiger partial charge in [-0.1, -0.05) is 23.7 Å². The van der Waals surface area contributed by atoms with Gasteiger partial charge in [-0.3, -0.25) is 9.10 Å². The number of rotatable bonds is 7. The molecule has 0 bridgehead atoms. The second-order valence-corrected chi connectivity index (χ2v) is 7.99. The molecular weight excluding hydrogens is 374 g/mol. The van der Waals surface area contributed by atoms with E-state index in [-0.39, 0.29) is 25.4 Å². The summed E-state index contributed by atoms with van der Waals surface area (Å²) in [7, 11) is -3.51. The normalized spacial score (nSPS) is 10.8. The van der Waals surface area contributed by atoms with Crippen molar-refractivity contribution < 1.29 is 13.2 Å². The highest BCUT2D eigenvalue weighted by Gasteiger charge is 2.17. The van der Waals surface area contributed by atoms with Gasteiger partial charge in [0.15, 0.2) is 0 Å². The summed E-state index contributed by atoms with van der Waals surface area (Å²) >= 11 is 5.81. The molecule has 0 fully saturated rings. The average Bonchev–Trinajstić information content (AvgIpc) is 2.60. The van der Waals surface area contributed by atoms with Crippen LogP contribution in [-0.2, 0) is 21.2 Å². The number of halogens is 1. The molecule has 0 aromatic heterocycles. The van der Waals surface area contributed by atoms with Crippen LogP contribution in [0.5, 0.6) is 0 Å². The van der Waals surface area contributed by atoms with Gasteiger partial charge in [-0.15, -0.1) is 0 Å². The third kappa shape index (κ3) is 5.76. The van der Waals surface area contributed by atoms with Crippen molar-refractivity contribution in [1.29, 1.82) is 5.26 Å². The lowest BCUT2D eigenvalue weighted by Gasteiger charge is -2.22. The molecule has 0 spiro atoms. The summed E-state index contributed by atoms with van der Waals surface area (Å²) in [5.74, 6) is -0.208. The fourth-order valence-corrected chi connectivity index (χ4v) is 3.39. The summed E-state index contributed by atoms with van der Waals surface area (Å²) in [6, 6.07) is 15.2. The van der Waals surface area contributed by atoms with Gasteiger partial charge in [0.2, 0.25) is 15.9 Å². The van der Waals surface area contributed by atoms with Gasteiger partial charge >= 0.3 is 0 Å². The number of carbonyl (C=O) groups excluding carboxylic acids is 1. The van der Waals surface area contributed by atoms with E-state index in [0.29, 0.717) is 16.3 Å². The molecular formula is C18H18ClN3O3S. The van der Waals surface area contributed by atoms with Crippen molar-refractivity contribution >= 4 is 33.2 Å². The maximum Gasteiger partial charge on any atom is 0.232 e. The lowest BCUT2D eigenvalue weighted by molar-refractivity contribution is -0.120. The number of nitriles is 1. The first-order valence-corrected chi connectivity index (χ1v) is 10.0. The molecule has 0 atom stereocenters. The van der Waals surface area contributed by atoms with Crippen LogP contribution in [0.3, 0.4) is 0 Å². The Bertz CT molecular complexity index is 904. The molecule has 0 saturated heterocycles. The van der Waals surface area contributed by atoms with Crippen LogP contribution in [0.15, 0.2) is 48.5 Å². The molecule has 0 saturated carbocycles. The highest BCUT2D eigenvalue weighted by molar-refractivity contribution is 7.92. The molecule has 0 aliphatic carbocycles. The predicted octanol–water partition coefficient (Wildman–Crippen LogP) is 2.34. The highest BCUT2D eigenvalue weighted by Crippen LogP contribution is 2.17. The van der Waals surface area contributed by atoms with Gasteiger partial charge in [0.1, 0.15) is 0 Å². The Morgan fingerprint density at radius 1 is 1.15 bits per heavy atom. The molecule has 0 aliphatic rings. The fourth-order valence-electron chi connectivity index (χ4n) is 2.34. The second kappa shape index (κ2) is 8.70. The zero-order valence-electron chi connectivity index (χ0n) is 14.1. The molecule has 2 rings (SSSR count). The third-order valence-electron chi connectivity index (χ3n) is 3.60. The molecule has 0 unspecified atom stereocenters. The van der Waals surface area contributed by atoms with Crippen LogP contribution in [-0.4, -0.2) is 33.7 Å². The minimum atomic E-state index is -3.51. The summed E-state index contributed by atoms with van der Waals surface area (Å²) in [6.45, 7) is 0.261. The van der Waals surface area contributed by atoms with Gasteiger partial charge in [0.25, 0.3) is 0 Å². The molecule has 0 heterocycles. The SMILES string of the molecule is CS(=O)(=O)N(CCNC(=O)Cc1ccc(Cl)cc1)c1ccc(C#N)cc1. The van der Waals surface area contributed by atoms with Gasteiger partial charge in [-0.05, 0) is 42.0 Å². The van der Waals surface area contributed by atoms with Gasteiger partial charge in [-0.25, -0.2) is 8.42 Å². The van der Waals surface area contributed by atoms with Crippen molar-refractivity contribution in [3.8, 4) is 6.07 Å². The van der Waals surface area contributed by atoms with Crippen LogP contribution in [0.25, 0.3) is 0 Å². The molecule has 2 aromatic rings. The zero-order valence-corrected chi connectivity index (χ0v) is 15.7. The number of sulfonamides is 1. The van der Waals surface area contributed by atoms with Crippen molar-refractivity contribution in [2.24, 2.45) is 0 Å². The van der Waals surface area contributed by atoms with Crippen LogP contribution in [0.4, 0.5) is 5.69 Å². The standard InChI is InChI=1S/C18H18ClN3O3S/c1-26(24,25)22(17-8-4-15(13-20)5-9-17)11-10-21-18(23)12-14-2-6-16(19)7-3-14/h2-9H,10-12H2,1H3,(H,21,23). The zero-order chi connectivity index (χ0) is 19.2. The molecule has 1 N–H and O–H groups in total. The lowest BCUT2D eigenvalue weighted by Crippen LogP contribution is -2.38. The first-order chi connectivity index (χ1) is 12.3. The van der Waals surface area contributed by atoms with E-state index in [1.165, 1.54) is 4.31 Å². The third-order valence-corrected chi connectivity index (χ3v) is 5.05. The van der Waals surface area contributed by atoms with Crippen molar-refractivity contribution in [1.82, 2.24) is 5.32 Å². The van der Waals surface area contributed by atoms with Gasteiger partial charge < -0.3 is 5.32 Å². The number of hydrogen-bond acceptors (Lipinski definition) is 4. The maximum atomic E-state index is 12.0. The van der Waals surface area contributed by atoms with E-state index in [0.717, 1.165) is 11.8 Å². The van der Waals surface area contributed by atoms with Crippen LogP contribution in [0.1, 0.15) is 11.1 Å². The molecule has 6 nitrogen and oxygen atoms in total. The van der Waals surface area contributed by atoms with E-state index in [1.807, 2.05) is 6.07 Å². The van der Waals surface area contributed by atoms with Crippen LogP contribution in [0, 0.1) is 11.3 Å². The summed E-state index contributed by atoms with van der Waals surface area (Å²) in [6.07, 6.45) is 1.29.